The maximum absolute atomic E-state index is 6.21. The normalized spacial score (nSPS) is 13.6. The Balaban J connectivity index is 1.76. The molecule has 2 aromatic rings. The second-order valence-electron chi connectivity index (χ2n) is 4.51. The van der Waals surface area contributed by atoms with Crippen molar-refractivity contribution >= 4 is 23.4 Å². The van der Waals surface area contributed by atoms with Crippen LogP contribution < -0.4 is 9.47 Å². The van der Waals surface area contributed by atoms with Gasteiger partial charge < -0.3 is 13.9 Å². The van der Waals surface area contributed by atoms with Crippen molar-refractivity contribution in [3.8, 4) is 11.5 Å². The Hall–Kier alpha value is -1.33. The number of halogens is 1. The molecule has 0 saturated carbocycles. The number of oxazole rings is 1. The van der Waals surface area contributed by atoms with E-state index in [-0.39, 0.29) is 0 Å². The van der Waals surface area contributed by atoms with Crippen molar-refractivity contribution in [2.75, 3.05) is 13.2 Å². The molecule has 0 amide bonds. The Bertz CT molecular complexity index is 622. The van der Waals surface area contributed by atoms with Crippen LogP contribution in [0.4, 0.5) is 0 Å². The van der Waals surface area contributed by atoms with Crippen LogP contribution in [-0.4, -0.2) is 18.2 Å². The predicted octanol–water partition coefficient (Wildman–Crippen LogP) is 4.01. The highest BCUT2D eigenvalue weighted by molar-refractivity contribution is 7.98. The Kier molecular flexibility index (Phi) is 3.81. The molecule has 0 atom stereocenters. The van der Waals surface area contributed by atoms with E-state index >= 15 is 0 Å². The van der Waals surface area contributed by atoms with E-state index in [9.17, 15) is 0 Å². The third-order valence-electron chi connectivity index (χ3n) is 3.03. The van der Waals surface area contributed by atoms with E-state index in [1.54, 1.807) is 0 Å². The van der Waals surface area contributed by atoms with Crippen LogP contribution in [0, 0.1) is 13.8 Å². The summed E-state index contributed by atoms with van der Waals surface area (Å²) in [7, 11) is 0. The summed E-state index contributed by atoms with van der Waals surface area (Å²) >= 11 is 7.74. The van der Waals surface area contributed by atoms with Gasteiger partial charge in [-0.15, -0.1) is 0 Å². The van der Waals surface area contributed by atoms with Crippen LogP contribution in [0.3, 0.4) is 0 Å². The Morgan fingerprint density at radius 2 is 2.05 bits per heavy atom. The molecule has 1 aromatic heterocycles. The average molecular weight is 312 g/mol. The van der Waals surface area contributed by atoms with Crippen LogP contribution in [-0.2, 0) is 5.75 Å². The third kappa shape index (κ3) is 2.74. The van der Waals surface area contributed by atoms with E-state index in [0.717, 1.165) is 22.8 Å². The van der Waals surface area contributed by atoms with Crippen molar-refractivity contribution in [2.45, 2.75) is 24.8 Å². The third-order valence-corrected chi connectivity index (χ3v) is 4.21. The lowest BCUT2D eigenvalue weighted by molar-refractivity contribution is 0.171. The number of ether oxygens (including phenoxy) is 2. The predicted molar refractivity (Wildman–Crippen MR) is 78.0 cm³/mol. The molecule has 1 aliphatic heterocycles. The van der Waals surface area contributed by atoms with Gasteiger partial charge in [-0.3, -0.25) is 0 Å². The van der Waals surface area contributed by atoms with E-state index in [4.69, 9.17) is 25.5 Å². The summed E-state index contributed by atoms with van der Waals surface area (Å²) < 4.78 is 16.6. The first-order chi connectivity index (χ1) is 9.63. The quantitative estimate of drug-likeness (QED) is 0.801. The van der Waals surface area contributed by atoms with Crippen molar-refractivity contribution in [2.24, 2.45) is 0 Å². The van der Waals surface area contributed by atoms with Crippen molar-refractivity contribution in [1.82, 2.24) is 4.98 Å². The minimum Gasteiger partial charge on any atom is -0.486 e. The lowest BCUT2D eigenvalue weighted by Gasteiger charge is -2.20. The molecule has 0 spiro atoms. The first-order valence-electron chi connectivity index (χ1n) is 6.28. The van der Waals surface area contributed by atoms with Gasteiger partial charge in [0.1, 0.15) is 19.0 Å². The minimum atomic E-state index is 0.537. The lowest BCUT2D eigenvalue weighted by Crippen LogP contribution is -2.15. The van der Waals surface area contributed by atoms with Crippen LogP contribution in [0.15, 0.2) is 21.8 Å². The van der Waals surface area contributed by atoms with E-state index < -0.39 is 0 Å². The molecular formula is C14H14ClNO3S. The molecule has 6 heteroatoms. The van der Waals surface area contributed by atoms with E-state index in [0.29, 0.717) is 35.0 Å². The maximum Gasteiger partial charge on any atom is 0.256 e. The first-order valence-corrected chi connectivity index (χ1v) is 7.64. The molecule has 0 bridgehead atoms. The number of aryl methyl sites for hydroxylation is 2. The van der Waals surface area contributed by atoms with Crippen LogP contribution >= 0.6 is 23.4 Å². The zero-order valence-electron chi connectivity index (χ0n) is 11.2. The van der Waals surface area contributed by atoms with E-state index in [1.165, 1.54) is 11.8 Å². The first kappa shape index (κ1) is 13.6. The van der Waals surface area contributed by atoms with Crippen LogP contribution in [0.5, 0.6) is 11.5 Å². The zero-order valence-corrected chi connectivity index (χ0v) is 12.8. The van der Waals surface area contributed by atoms with Crippen molar-refractivity contribution in [3.05, 3.63) is 34.2 Å². The summed E-state index contributed by atoms with van der Waals surface area (Å²) in [6, 6.07) is 3.85. The van der Waals surface area contributed by atoms with E-state index in [2.05, 4.69) is 4.98 Å². The fraction of sp³-hybridized carbons (Fsp3) is 0.357. The molecular weight excluding hydrogens is 298 g/mol. The molecule has 4 nitrogen and oxygen atoms in total. The standard InChI is InChI=1S/C14H14ClNO3S/c1-8-9(2)19-14(16-8)20-7-10-5-11(15)13-12(6-10)17-3-4-18-13/h5-6H,3-4,7H2,1-2H3. The van der Waals surface area contributed by atoms with Gasteiger partial charge in [0.05, 0.1) is 10.7 Å². The van der Waals surface area contributed by atoms with Crippen LogP contribution in [0.1, 0.15) is 17.0 Å². The number of benzene rings is 1. The van der Waals surface area contributed by atoms with Crippen molar-refractivity contribution in [3.63, 3.8) is 0 Å². The Morgan fingerprint density at radius 3 is 2.80 bits per heavy atom. The fourth-order valence-electron chi connectivity index (χ4n) is 1.90. The van der Waals surface area contributed by atoms with Gasteiger partial charge in [0, 0.05) is 5.75 Å². The molecule has 1 aromatic carbocycles. The number of thioether (sulfide) groups is 1. The van der Waals surface area contributed by atoms with Gasteiger partial charge in [-0.05, 0) is 31.5 Å². The van der Waals surface area contributed by atoms with E-state index in [1.807, 2.05) is 26.0 Å². The van der Waals surface area contributed by atoms with Gasteiger partial charge in [0.15, 0.2) is 11.5 Å². The second-order valence-corrected chi connectivity index (χ2v) is 5.85. The van der Waals surface area contributed by atoms with Crippen LogP contribution in [0.25, 0.3) is 0 Å². The van der Waals surface area contributed by atoms with Gasteiger partial charge >= 0.3 is 0 Å². The molecule has 3 rings (SSSR count). The molecule has 0 saturated heterocycles. The number of fused-ring (bicyclic) bond motifs is 1. The van der Waals surface area contributed by atoms with Gasteiger partial charge in [-0.2, -0.15) is 0 Å². The number of rotatable bonds is 3. The Morgan fingerprint density at radius 1 is 1.25 bits per heavy atom. The Labute approximate surface area is 126 Å². The average Bonchev–Trinajstić information content (AvgIpc) is 2.76. The molecule has 106 valence electrons. The number of aromatic nitrogens is 1. The molecule has 20 heavy (non-hydrogen) atoms. The summed E-state index contributed by atoms with van der Waals surface area (Å²) in [6.07, 6.45) is 0. The van der Waals surface area contributed by atoms with Gasteiger partial charge in [0.25, 0.3) is 5.22 Å². The second kappa shape index (κ2) is 5.58. The van der Waals surface area contributed by atoms with Gasteiger partial charge in [-0.25, -0.2) is 4.98 Å². The maximum atomic E-state index is 6.21. The number of hydrogen-bond acceptors (Lipinski definition) is 5. The van der Waals surface area contributed by atoms with Gasteiger partial charge in [-0.1, -0.05) is 23.4 Å². The summed E-state index contributed by atoms with van der Waals surface area (Å²) in [4.78, 5) is 4.34. The highest BCUT2D eigenvalue weighted by Crippen LogP contribution is 2.39. The molecule has 2 heterocycles. The molecule has 0 unspecified atom stereocenters. The fourth-order valence-corrected chi connectivity index (χ4v) is 3.03. The van der Waals surface area contributed by atoms with Gasteiger partial charge in [0.2, 0.25) is 0 Å². The summed E-state index contributed by atoms with van der Waals surface area (Å²) in [6.45, 7) is 4.94. The SMILES string of the molecule is Cc1nc(SCc2cc(Cl)c3c(c2)OCCO3)oc1C. The monoisotopic (exact) mass is 311 g/mol. The number of hydrogen-bond donors (Lipinski definition) is 0. The van der Waals surface area contributed by atoms with Crippen molar-refractivity contribution < 1.29 is 13.9 Å². The summed E-state index contributed by atoms with van der Waals surface area (Å²) in [5.41, 5.74) is 1.98. The largest absolute Gasteiger partial charge is 0.486 e. The molecule has 1 aliphatic rings. The molecule has 0 fully saturated rings. The van der Waals surface area contributed by atoms with Crippen molar-refractivity contribution in [1.29, 1.82) is 0 Å². The van der Waals surface area contributed by atoms with Crippen LogP contribution in [0.2, 0.25) is 5.02 Å². The summed E-state index contributed by atoms with van der Waals surface area (Å²) in [5.74, 6) is 2.91. The summed E-state index contributed by atoms with van der Waals surface area (Å²) in [5, 5.41) is 1.25. The molecule has 0 aliphatic carbocycles. The minimum absolute atomic E-state index is 0.537. The highest BCUT2D eigenvalue weighted by atomic mass is 35.5. The number of nitrogens with zero attached hydrogens (tertiary/aromatic N) is 1. The highest BCUT2D eigenvalue weighted by Gasteiger charge is 2.17. The lowest BCUT2D eigenvalue weighted by atomic mass is 10.2. The molecule has 0 radical (unpaired) electrons. The topological polar surface area (TPSA) is 44.5 Å². The molecule has 0 N–H and O–H groups in total. The smallest absolute Gasteiger partial charge is 0.256 e. The zero-order chi connectivity index (χ0) is 14.1.